The topological polar surface area (TPSA) is 58.5 Å². The number of nitrogens with zero attached hydrogens (tertiary/aromatic N) is 3. The minimum Gasteiger partial charge on any atom is -0.508 e. The maximum atomic E-state index is 9.37. The molecule has 0 aliphatic carbocycles. The van der Waals surface area contributed by atoms with Crippen molar-refractivity contribution in [1.29, 1.82) is 0 Å². The fraction of sp³-hybridized carbons (Fsp3) is 0.375. The summed E-state index contributed by atoms with van der Waals surface area (Å²) in [6, 6.07) is 7.10. The van der Waals surface area contributed by atoms with E-state index in [2.05, 4.69) is 27.2 Å². The number of rotatable bonds is 2. The van der Waals surface area contributed by atoms with Gasteiger partial charge in [0.05, 0.1) is 12.2 Å². The standard InChI is InChI=1S/C16H15N3O2S/c20-10-3-1-9(2-4-10)15-17-18-16(22-15)19-7-11-12(8-19)14-6-5-13(11)21-14/h1-6,11-14,20H,7-8H2. The van der Waals surface area contributed by atoms with E-state index in [-0.39, 0.29) is 5.75 Å². The number of hydrogen-bond donors (Lipinski definition) is 1. The van der Waals surface area contributed by atoms with Gasteiger partial charge in [0.25, 0.3) is 0 Å². The molecule has 1 N–H and O–H groups in total. The van der Waals surface area contributed by atoms with Gasteiger partial charge in [-0.3, -0.25) is 0 Å². The highest BCUT2D eigenvalue weighted by molar-refractivity contribution is 7.18. The zero-order chi connectivity index (χ0) is 14.7. The summed E-state index contributed by atoms with van der Waals surface area (Å²) in [4.78, 5) is 2.34. The van der Waals surface area contributed by atoms with Gasteiger partial charge >= 0.3 is 0 Å². The highest BCUT2D eigenvalue weighted by Crippen LogP contribution is 2.45. The van der Waals surface area contributed by atoms with Gasteiger partial charge in [-0.15, -0.1) is 10.2 Å². The Balaban J connectivity index is 1.38. The van der Waals surface area contributed by atoms with Crippen LogP contribution < -0.4 is 4.90 Å². The normalized spacial score (nSPS) is 31.9. The van der Waals surface area contributed by atoms with Gasteiger partial charge in [0, 0.05) is 30.5 Å². The molecule has 2 bridgehead atoms. The van der Waals surface area contributed by atoms with Crippen LogP contribution in [0.4, 0.5) is 5.13 Å². The van der Waals surface area contributed by atoms with Crippen LogP contribution in [0.25, 0.3) is 10.6 Å². The van der Waals surface area contributed by atoms with Gasteiger partial charge in [-0.05, 0) is 24.3 Å². The third-order valence-electron chi connectivity index (χ3n) is 4.86. The van der Waals surface area contributed by atoms with Crippen LogP contribution in [0.2, 0.25) is 0 Å². The third kappa shape index (κ3) is 1.80. The van der Waals surface area contributed by atoms with Crippen molar-refractivity contribution >= 4 is 16.5 Å². The summed E-state index contributed by atoms with van der Waals surface area (Å²) in [5, 5.41) is 19.9. The molecule has 5 nitrogen and oxygen atoms in total. The second kappa shape index (κ2) is 4.54. The molecular weight excluding hydrogens is 298 g/mol. The average Bonchev–Trinajstić information content (AvgIpc) is 3.28. The summed E-state index contributed by atoms with van der Waals surface area (Å²) in [5.74, 6) is 1.45. The van der Waals surface area contributed by atoms with E-state index in [4.69, 9.17) is 4.74 Å². The van der Waals surface area contributed by atoms with Crippen LogP contribution >= 0.6 is 11.3 Å². The first-order valence-corrected chi connectivity index (χ1v) is 8.31. The Morgan fingerprint density at radius 1 is 1.05 bits per heavy atom. The Bertz CT molecular complexity index is 722. The van der Waals surface area contributed by atoms with Crippen LogP contribution in [0.5, 0.6) is 5.75 Å². The number of benzene rings is 1. The SMILES string of the molecule is Oc1ccc(-c2nnc(N3CC4C5C=CC(O5)C4C3)s2)cc1. The van der Waals surface area contributed by atoms with Gasteiger partial charge in [-0.25, -0.2) is 0 Å². The Hall–Kier alpha value is -1.92. The van der Waals surface area contributed by atoms with Gasteiger partial charge in [0.2, 0.25) is 5.13 Å². The van der Waals surface area contributed by atoms with Crippen molar-refractivity contribution in [2.75, 3.05) is 18.0 Å². The number of aromatic nitrogens is 2. The third-order valence-corrected chi connectivity index (χ3v) is 5.89. The van der Waals surface area contributed by atoms with Crippen LogP contribution in [0.3, 0.4) is 0 Å². The molecule has 0 spiro atoms. The summed E-state index contributed by atoms with van der Waals surface area (Å²) in [6.45, 7) is 2.00. The summed E-state index contributed by atoms with van der Waals surface area (Å²) in [7, 11) is 0. The summed E-state index contributed by atoms with van der Waals surface area (Å²) in [6.07, 6.45) is 5.00. The first-order chi connectivity index (χ1) is 10.8. The molecule has 3 aliphatic rings. The predicted molar refractivity (Wildman–Crippen MR) is 84.0 cm³/mol. The summed E-state index contributed by atoms with van der Waals surface area (Å²) >= 11 is 1.61. The number of phenolic OH excluding ortho intramolecular Hbond substituents is 1. The number of aromatic hydroxyl groups is 1. The van der Waals surface area contributed by atoms with E-state index in [0.717, 1.165) is 28.8 Å². The van der Waals surface area contributed by atoms with Crippen molar-refractivity contribution in [1.82, 2.24) is 10.2 Å². The molecule has 22 heavy (non-hydrogen) atoms. The van der Waals surface area contributed by atoms with Crippen molar-refractivity contribution in [2.24, 2.45) is 11.8 Å². The van der Waals surface area contributed by atoms with Crippen molar-refractivity contribution in [3.63, 3.8) is 0 Å². The molecule has 112 valence electrons. The van der Waals surface area contributed by atoms with Crippen LogP contribution in [-0.2, 0) is 4.74 Å². The van der Waals surface area contributed by atoms with E-state index >= 15 is 0 Å². The number of ether oxygens (including phenoxy) is 1. The largest absolute Gasteiger partial charge is 0.508 e. The van der Waals surface area contributed by atoms with E-state index in [9.17, 15) is 5.11 Å². The van der Waals surface area contributed by atoms with E-state index < -0.39 is 0 Å². The Morgan fingerprint density at radius 3 is 2.41 bits per heavy atom. The maximum absolute atomic E-state index is 9.37. The van der Waals surface area contributed by atoms with Gasteiger partial charge < -0.3 is 14.7 Å². The fourth-order valence-corrected chi connectivity index (χ4v) is 4.62. The predicted octanol–water partition coefficient (Wildman–Crippen LogP) is 2.30. The highest BCUT2D eigenvalue weighted by Gasteiger charge is 2.51. The van der Waals surface area contributed by atoms with Gasteiger partial charge in [-0.1, -0.05) is 23.5 Å². The molecule has 1 aromatic carbocycles. The quantitative estimate of drug-likeness (QED) is 0.862. The first kappa shape index (κ1) is 12.6. The average molecular weight is 313 g/mol. The van der Waals surface area contributed by atoms with Crippen molar-refractivity contribution in [3.05, 3.63) is 36.4 Å². The van der Waals surface area contributed by atoms with Crippen molar-refractivity contribution < 1.29 is 9.84 Å². The zero-order valence-corrected chi connectivity index (χ0v) is 12.6. The molecule has 0 saturated carbocycles. The van der Waals surface area contributed by atoms with Crippen LogP contribution in [0.1, 0.15) is 0 Å². The van der Waals surface area contributed by atoms with Gasteiger partial charge in [0.15, 0.2) is 0 Å². The number of anilines is 1. The molecule has 2 fully saturated rings. The Morgan fingerprint density at radius 2 is 1.73 bits per heavy atom. The second-order valence-corrected chi connectivity index (χ2v) is 7.08. The van der Waals surface area contributed by atoms with Gasteiger partial charge in [0.1, 0.15) is 10.8 Å². The number of fused-ring (bicyclic) bond motifs is 5. The lowest BCUT2D eigenvalue weighted by molar-refractivity contribution is 0.100. The lowest BCUT2D eigenvalue weighted by Crippen LogP contribution is -2.24. The van der Waals surface area contributed by atoms with Crippen LogP contribution in [-0.4, -0.2) is 40.6 Å². The monoisotopic (exact) mass is 313 g/mol. The molecule has 2 aromatic rings. The van der Waals surface area contributed by atoms with E-state index in [1.165, 1.54) is 0 Å². The molecule has 4 unspecified atom stereocenters. The van der Waals surface area contributed by atoms with Gasteiger partial charge in [-0.2, -0.15) is 0 Å². The lowest BCUT2D eigenvalue weighted by Gasteiger charge is -2.16. The van der Waals surface area contributed by atoms with E-state index in [1.807, 2.05) is 12.1 Å². The minimum absolute atomic E-state index is 0.267. The lowest BCUT2D eigenvalue weighted by atomic mass is 9.86. The number of phenols is 1. The zero-order valence-electron chi connectivity index (χ0n) is 11.8. The molecule has 1 aromatic heterocycles. The molecule has 0 amide bonds. The molecule has 0 radical (unpaired) electrons. The van der Waals surface area contributed by atoms with Crippen LogP contribution in [0.15, 0.2) is 36.4 Å². The van der Waals surface area contributed by atoms with E-state index in [0.29, 0.717) is 24.0 Å². The minimum atomic E-state index is 0.267. The smallest absolute Gasteiger partial charge is 0.208 e. The summed E-state index contributed by atoms with van der Waals surface area (Å²) in [5.41, 5.74) is 0.992. The summed E-state index contributed by atoms with van der Waals surface area (Å²) < 4.78 is 5.92. The second-order valence-electron chi connectivity index (χ2n) is 6.12. The van der Waals surface area contributed by atoms with Crippen LogP contribution in [0, 0.1) is 11.8 Å². The molecule has 4 atom stereocenters. The molecule has 3 aliphatic heterocycles. The van der Waals surface area contributed by atoms with Crippen molar-refractivity contribution in [2.45, 2.75) is 12.2 Å². The first-order valence-electron chi connectivity index (χ1n) is 7.49. The highest BCUT2D eigenvalue weighted by atomic mass is 32.1. The maximum Gasteiger partial charge on any atom is 0.208 e. The molecule has 4 heterocycles. The molecule has 2 saturated heterocycles. The Kier molecular flexibility index (Phi) is 2.60. The molecular formula is C16H15N3O2S. The van der Waals surface area contributed by atoms with Crippen molar-refractivity contribution in [3.8, 4) is 16.3 Å². The molecule has 5 rings (SSSR count). The van der Waals surface area contributed by atoms with E-state index in [1.54, 1.807) is 23.5 Å². The Labute approximate surface area is 131 Å². The fourth-order valence-electron chi connectivity index (χ4n) is 3.75. The number of hydrogen-bond acceptors (Lipinski definition) is 6. The molecule has 6 heteroatoms.